The maximum absolute atomic E-state index is 14.9. The van der Waals surface area contributed by atoms with Crippen molar-refractivity contribution in [3.63, 3.8) is 0 Å². The molecule has 14 heteroatoms. The van der Waals surface area contributed by atoms with Crippen LogP contribution in [-0.4, -0.2) is 63.7 Å². The molecule has 2 aromatic carbocycles. The summed E-state index contributed by atoms with van der Waals surface area (Å²) in [6, 6.07) is 9.89. The van der Waals surface area contributed by atoms with Gasteiger partial charge in [-0.15, -0.1) is 0 Å². The zero-order valence-corrected chi connectivity index (χ0v) is 53.3. The van der Waals surface area contributed by atoms with E-state index in [0.29, 0.717) is 0 Å². The third-order valence-electron chi connectivity index (χ3n) is 11.6. The number of hydrogen-bond acceptors (Lipinski definition) is 4. The van der Waals surface area contributed by atoms with E-state index >= 15 is 0 Å². The predicted molar refractivity (Wildman–Crippen MR) is 296 cm³/mol. The van der Waals surface area contributed by atoms with Crippen LogP contribution in [0.15, 0.2) is 24.3 Å². The van der Waals surface area contributed by atoms with E-state index in [-0.39, 0.29) is 74.2 Å². The molecular weight excluding hydrogens is 1000 g/mol. The minimum Gasteiger partial charge on any atom is 0 e. The first-order valence-corrected chi connectivity index (χ1v) is 30.8. The Morgan fingerprint density at radius 1 is 0.438 bits per heavy atom. The van der Waals surface area contributed by atoms with Crippen LogP contribution in [0.25, 0.3) is 0 Å². The van der Waals surface area contributed by atoms with Crippen molar-refractivity contribution in [2.45, 2.75) is 215 Å². The minimum absolute atomic E-state index is 0. The Kier molecular flexibility index (Phi) is 40.3. The Balaban J connectivity index is -0.000000469. The van der Waals surface area contributed by atoms with Gasteiger partial charge in [0, 0.05) is 62.5 Å². The van der Waals surface area contributed by atoms with E-state index in [9.17, 15) is 4.79 Å². The van der Waals surface area contributed by atoms with Crippen molar-refractivity contribution >= 4 is 49.8 Å². The van der Waals surface area contributed by atoms with Crippen molar-refractivity contribution in [3.8, 4) is 0 Å². The third-order valence-corrected chi connectivity index (χ3v) is 23.4. The summed E-state index contributed by atoms with van der Waals surface area (Å²) in [5.41, 5.74) is 8.22. The van der Waals surface area contributed by atoms with Gasteiger partial charge >= 0.3 is 75.4 Å². The van der Waals surface area contributed by atoms with Crippen LogP contribution < -0.4 is 29.5 Å². The number of ether oxygens (including phenoxy) is 3. The standard InChI is InChI=1S/C42H67OP2Si.3C4H8O.5CO.Cr.Li/c1-37(2,3)27-22-29(39(7,8)9)34(30(23-27)40(10,11)12)44-26-33(43)45(36(44)46(19,20)21)35-31(41(13,14)15)24-28(38(4,5)6)25-32(35)42(16,17)18;3*1-2-4-5-3-1;5*1-2;;/h22-25H,1-21H3;3*1-4H2;;;;;;;/q-1;;;;;;;;;;+1. The van der Waals surface area contributed by atoms with Gasteiger partial charge in [0.1, 0.15) is 0 Å². The van der Waals surface area contributed by atoms with Crippen LogP contribution in [0.3, 0.4) is 0 Å². The first kappa shape index (κ1) is 80.4. The molecule has 0 radical (unpaired) electrons. The number of rotatable bonds is 3. The molecular formula is C59H91CrLiO9P2Si. The van der Waals surface area contributed by atoms with Gasteiger partial charge in [0.05, 0.1) is 8.07 Å². The molecule has 0 amide bonds. The molecule has 0 bridgehead atoms. The fourth-order valence-corrected chi connectivity index (χ4v) is 20.7. The Bertz CT molecular complexity index is 1990. The molecule has 2 aromatic rings. The summed E-state index contributed by atoms with van der Waals surface area (Å²) in [5.74, 6) is 3.81. The number of carbonyl (C=O) groups excluding carboxylic acids is 1. The average molecular weight is 1090 g/mol. The summed E-state index contributed by atoms with van der Waals surface area (Å²) < 4.78 is 53.9. The molecule has 9 nitrogen and oxygen atoms in total. The Morgan fingerprint density at radius 2 is 0.658 bits per heavy atom. The van der Waals surface area contributed by atoms with Gasteiger partial charge in [-0.1, -0.05) is 173 Å². The summed E-state index contributed by atoms with van der Waals surface area (Å²) in [6.07, 6.45) is 7.67. The van der Waals surface area contributed by atoms with Crippen LogP contribution in [0.4, 0.5) is 0 Å². The molecule has 2 unspecified atom stereocenters. The van der Waals surface area contributed by atoms with Gasteiger partial charge < -0.3 is 24.8 Å². The van der Waals surface area contributed by atoms with Gasteiger partial charge in [0.15, 0.2) is 0 Å². The molecule has 0 aliphatic carbocycles. The Morgan fingerprint density at radius 3 is 0.822 bits per heavy atom. The molecule has 0 saturated carbocycles. The zero-order chi connectivity index (χ0) is 56.6. The SMILES string of the molecule is C1CCOC1.C1CCOC1.C1CCOC1.CC(C)(C)c1cc(C(C)(C)C)c(P2C(=O)[C-]=P(c3c(C(C)(C)C)cc(C(C)(C)C)cc3C(C)(C)C)=C2[Si](C)(C)C)c(C(C)(C)C)c1.[C-]#[O+].[C-]#[O+].[C-]#[O+].[C-]#[O+].[C-]#[O+].[Cr].[Li+]. The quantitative estimate of drug-likeness (QED) is 0.130. The first-order valence-electron chi connectivity index (χ1n) is 24.6. The molecule has 73 heavy (non-hydrogen) atoms. The molecule has 402 valence electrons. The molecule has 3 fully saturated rings. The van der Waals surface area contributed by atoms with Gasteiger partial charge in [-0.3, -0.25) is 7.17 Å². The molecule has 3 saturated heterocycles. The molecule has 0 spiro atoms. The minimum atomic E-state index is -2.00. The van der Waals surface area contributed by atoms with E-state index in [4.69, 9.17) is 37.5 Å². The second kappa shape index (κ2) is 36.6. The molecule has 0 aromatic heterocycles. The van der Waals surface area contributed by atoms with Gasteiger partial charge in [-0.2, -0.15) is 0 Å². The van der Waals surface area contributed by atoms with E-state index in [1.54, 1.807) is 4.66 Å². The average Bonchev–Trinajstić information content (AvgIpc) is 4.15. The maximum atomic E-state index is 14.9. The van der Waals surface area contributed by atoms with Crippen LogP contribution >= 0.6 is 15.1 Å². The molecule has 4 aliphatic heterocycles. The van der Waals surface area contributed by atoms with Crippen LogP contribution in [-0.2, 0) is 92.1 Å². The van der Waals surface area contributed by atoms with Gasteiger partial charge in [-0.25, -0.2) is 0 Å². The smallest absolute Gasteiger partial charge is 0 e. The van der Waals surface area contributed by atoms with Crippen LogP contribution in [0.5, 0.6) is 0 Å². The topological polar surface area (TPSA) is 144 Å². The second-order valence-electron chi connectivity index (χ2n) is 25.0. The van der Waals surface area contributed by atoms with Crippen molar-refractivity contribution in [1.29, 1.82) is 0 Å². The number of carbonyl (C=O) groups is 1. The number of benzene rings is 2. The normalized spacial score (nSPS) is 16.6. The van der Waals surface area contributed by atoms with Crippen molar-refractivity contribution < 1.29 is 78.5 Å². The molecule has 2 atom stereocenters. The van der Waals surface area contributed by atoms with Crippen molar-refractivity contribution in [2.24, 2.45) is 0 Å². The fourth-order valence-electron chi connectivity index (χ4n) is 7.87. The Labute approximate surface area is 471 Å². The van der Waals surface area contributed by atoms with Gasteiger partial charge in [-0.05, 0) is 123 Å². The third kappa shape index (κ3) is 26.6. The summed E-state index contributed by atoms with van der Waals surface area (Å²) in [6.45, 7) is 78.1. The van der Waals surface area contributed by atoms with Gasteiger partial charge in [0.25, 0.3) is 0 Å². The molecule has 0 N–H and O–H groups in total. The molecule has 6 rings (SSSR count). The van der Waals surface area contributed by atoms with Gasteiger partial charge in [0.2, 0.25) is 0 Å². The Hall–Kier alpha value is -1.49. The van der Waals surface area contributed by atoms with Crippen molar-refractivity contribution in [2.75, 3.05) is 39.6 Å². The van der Waals surface area contributed by atoms with E-state index < -0.39 is 23.2 Å². The van der Waals surface area contributed by atoms with Crippen molar-refractivity contribution in [1.82, 2.24) is 0 Å². The van der Waals surface area contributed by atoms with E-state index in [1.165, 1.54) is 82.5 Å². The van der Waals surface area contributed by atoms with Crippen LogP contribution in [0.2, 0.25) is 19.6 Å². The first-order chi connectivity index (χ1) is 32.7. The summed E-state index contributed by atoms with van der Waals surface area (Å²) in [4.78, 5) is 14.9. The summed E-state index contributed by atoms with van der Waals surface area (Å²) >= 11 is 0. The monoisotopic (exact) mass is 1090 g/mol. The predicted octanol–water partition coefficient (Wildman–Crippen LogP) is 10.8. The molecule has 4 heterocycles. The number of hydrogen-bond donors (Lipinski definition) is 0. The summed E-state index contributed by atoms with van der Waals surface area (Å²) in [5, 5.41) is 2.75. The van der Waals surface area contributed by atoms with E-state index in [1.807, 2.05) is 0 Å². The largest absolute Gasteiger partial charge is 1.00 e. The van der Waals surface area contributed by atoms with Crippen molar-refractivity contribution in [3.05, 3.63) is 90.9 Å². The van der Waals surface area contributed by atoms with Crippen LogP contribution in [0.1, 0.15) is 197 Å². The fraction of sp³-hybridized carbons (Fsp3) is 0.661. The maximum Gasteiger partial charge on any atom is 1.00 e. The van der Waals surface area contributed by atoms with Crippen LogP contribution in [0, 0.1) is 33.3 Å². The second-order valence-corrected chi connectivity index (χ2v) is 34.9. The van der Waals surface area contributed by atoms with E-state index in [2.05, 4.69) is 208 Å². The molecule has 4 aliphatic rings. The van der Waals surface area contributed by atoms with E-state index in [0.717, 1.165) is 39.6 Å². The summed E-state index contributed by atoms with van der Waals surface area (Å²) in [7, 11) is -4.23. The zero-order valence-electron chi connectivity index (χ0n) is 49.3.